The van der Waals surface area contributed by atoms with Crippen LogP contribution in [0.3, 0.4) is 0 Å². The third-order valence-electron chi connectivity index (χ3n) is 6.05. The number of nitrogens with zero attached hydrogens (tertiary/aromatic N) is 1. The molecule has 0 aromatic heterocycles. The van der Waals surface area contributed by atoms with Crippen molar-refractivity contribution >= 4 is 0 Å². The Labute approximate surface area is 160 Å². The van der Waals surface area contributed by atoms with Crippen molar-refractivity contribution in [3.63, 3.8) is 0 Å². The van der Waals surface area contributed by atoms with Gasteiger partial charge in [0.25, 0.3) is 0 Å². The van der Waals surface area contributed by atoms with Crippen LogP contribution in [0.15, 0.2) is 24.3 Å². The molecule has 0 aliphatic carbocycles. The number of fused-ring (bicyclic) bond motifs is 4. The van der Waals surface area contributed by atoms with Crippen molar-refractivity contribution in [3.8, 4) is 23.0 Å². The van der Waals surface area contributed by atoms with Gasteiger partial charge in [-0.1, -0.05) is 0 Å². The smallest absolute Gasteiger partial charge is 0.161 e. The van der Waals surface area contributed by atoms with Crippen molar-refractivity contribution in [2.24, 2.45) is 0 Å². The monoisotopic (exact) mass is 369 g/mol. The molecule has 144 valence electrons. The first kappa shape index (κ1) is 18.0. The standard InChI is InChI=1S/C22H27NO4/c1-13-16-11-21(26-4)20(25-3)10-15(16)8-18-17-12-22(27-5)19(24-2)9-14(17)6-7-23(13)18/h9-13,18H,6-8H2,1-5H3/t13-,18-/m1/s1. The minimum Gasteiger partial charge on any atom is -0.493 e. The van der Waals surface area contributed by atoms with E-state index in [9.17, 15) is 0 Å². The highest BCUT2D eigenvalue weighted by molar-refractivity contribution is 5.53. The van der Waals surface area contributed by atoms with E-state index in [1.807, 2.05) is 0 Å². The maximum Gasteiger partial charge on any atom is 0.161 e. The second-order valence-corrected chi connectivity index (χ2v) is 7.20. The lowest BCUT2D eigenvalue weighted by molar-refractivity contribution is 0.117. The van der Waals surface area contributed by atoms with Crippen LogP contribution in [-0.2, 0) is 12.8 Å². The van der Waals surface area contributed by atoms with Crippen LogP contribution in [0.1, 0.15) is 41.3 Å². The summed E-state index contributed by atoms with van der Waals surface area (Å²) < 4.78 is 22.1. The van der Waals surface area contributed by atoms with E-state index in [-0.39, 0.29) is 0 Å². The van der Waals surface area contributed by atoms with Gasteiger partial charge in [0.15, 0.2) is 23.0 Å². The largest absolute Gasteiger partial charge is 0.493 e. The summed E-state index contributed by atoms with van der Waals surface area (Å²) in [5.41, 5.74) is 5.34. The Hall–Kier alpha value is -2.40. The topological polar surface area (TPSA) is 40.2 Å². The van der Waals surface area contributed by atoms with Crippen molar-refractivity contribution in [1.82, 2.24) is 4.90 Å². The second-order valence-electron chi connectivity index (χ2n) is 7.20. The summed E-state index contributed by atoms with van der Waals surface area (Å²) in [6.07, 6.45) is 1.96. The molecule has 0 unspecified atom stereocenters. The zero-order chi connectivity index (χ0) is 19.1. The molecule has 4 rings (SSSR count). The fourth-order valence-corrected chi connectivity index (χ4v) is 4.63. The molecule has 2 aliphatic rings. The molecule has 27 heavy (non-hydrogen) atoms. The van der Waals surface area contributed by atoms with E-state index >= 15 is 0 Å². The van der Waals surface area contributed by atoms with Crippen molar-refractivity contribution in [1.29, 1.82) is 0 Å². The minimum absolute atomic E-state index is 0.319. The molecule has 5 heteroatoms. The van der Waals surface area contributed by atoms with E-state index < -0.39 is 0 Å². The van der Waals surface area contributed by atoms with Gasteiger partial charge >= 0.3 is 0 Å². The lowest BCUT2D eigenvalue weighted by atomic mass is 9.81. The molecule has 2 heterocycles. The highest BCUT2D eigenvalue weighted by Gasteiger charge is 2.37. The zero-order valence-corrected chi connectivity index (χ0v) is 16.7. The summed E-state index contributed by atoms with van der Waals surface area (Å²) in [6.45, 7) is 3.31. The van der Waals surface area contributed by atoms with Crippen molar-refractivity contribution in [2.45, 2.75) is 31.8 Å². The van der Waals surface area contributed by atoms with Gasteiger partial charge in [0.05, 0.1) is 28.4 Å². The predicted octanol–water partition coefficient (Wildman–Crippen LogP) is 3.94. The van der Waals surface area contributed by atoms with Crippen LogP contribution in [0.2, 0.25) is 0 Å². The SMILES string of the molecule is COc1cc2c(cc1OC)[C@@H](C)N1CCc3cc(OC)c(OC)cc3[C@H]1C2. The molecule has 0 fully saturated rings. The summed E-state index contributed by atoms with van der Waals surface area (Å²) in [5, 5.41) is 0. The molecule has 0 amide bonds. The fraction of sp³-hybridized carbons (Fsp3) is 0.455. The molecule has 2 aromatic carbocycles. The average molecular weight is 369 g/mol. The van der Waals surface area contributed by atoms with Crippen LogP contribution in [0.5, 0.6) is 23.0 Å². The normalized spacial score (nSPS) is 20.9. The van der Waals surface area contributed by atoms with Gasteiger partial charge in [-0.3, -0.25) is 4.90 Å². The molecular formula is C22H27NO4. The lowest BCUT2D eigenvalue weighted by Gasteiger charge is -2.45. The van der Waals surface area contributed by atoms with Crippen molar-refractivity contribution < 1.29 is 18.9 Å². The Balaban J connectivity index is 1.80. The van der Waals surface area contributed by atoms with E-state index in [4.69, 9.17) is 18.9 Å². The molecule has 0 saturated carbocycles. The molecule has 0 bridgehead atoms. The van der Waals surface area contributed by atoms with E-state index in [1.54, 1.807) is 28.4 Å². The highest BCUT2D eigenvalue weighted by atomic mass is 16.5. The van der Waals surface area contributed by atoms with E-state index in [0.29, 0.717) is 12.1 Å². The maximum absolute atomic E-state index is 5.57. The maximum atomic E-state index is 5.57. The number of ether oxygens (including phenoxy) is 4. The van der Waals surface area contributed by atoms with Gasteiger partial charge in [0, 0.05) is 18.6 Å². The fourth-order valence-electron chi connectivity index (χ4n) is 4.63. The van der Waals surface area contributed by atoms with Crippen molar-refractivity contribution in [2.75, 3.05) is 35.0 Å². The quantitative estimate of drug-likeness (QED) is 0.816. The Morgan fingerprint density at radius 2 is 1.26 bits per heavy atom. The van der Waals surface area contributed by atoms with Crippen LogP contribution in [0.25, 0.3) is 0 Å². The Morgan fingerprint density at radius 3 is 1.85 bits per heavy atom. The van der Waals surface area contributed by atoms with Crippen LogP contribution < -0.4 is 18.9 Å². The first-order valence-electron chi connectivity index (χ1n) is 9.36. The first-order chi connectivity index (χ1) is 13.1. The average Bonchev–Trinajstić information content (AvgIpc) is 2.71. The number of methoxy groups -OCH3 is 4. The van der Waals surface area contributed by atoms with Crippen LogP contribution in [0, 0.1) is 0 Å². The van der Waals surface area contributed by atoms with Crippen LogP contribution >= 0.6 is 0 Å². The van der Waals surface area contributed by atoms with Gasteiger partial charge in [0.1, 0.15) is 0 Å². The van der Waals surface area contributed by atoms with Gasteiger partial charge in [-0.05, 0) is 66.3 Å². The Bertz CT molecular complexity index is 864. The Morgan fingerprint density at radius 1 is 0.741 bits per heavy atom. The van der Waals surface area contributed by atoms with Crippen molar-refractivity contribution in [3.05, 3.63) is 46.5 Å². The highest BCUT2D eigenvalue weighted by Crippen LogP contribution is 2.48. The number of hydrogen-bond acceptors (Lipinski definition) is 5. The predicted molar refractivity (Wildman–Crippen MR) is 104 cm³/mol. The molecular weight excluding hydrogens is 342 g/mol. The third kappa shape index (κ3) is 2.81. The van der Waals surface area contributed by atoms with Gasteiger partial charge in [-0.2, -0.15) is 0 Å². The molecule has 0 N–H and O–H groups in total. The van der Waals surface area contributed by atoms with Gasteiger partial charge < -0.3 is 18.9 Å². The Kier molecular flexibility index (Phi) is 4.64. The first-order valence-corrected chi connectivity index (χ1v) is 9.36. The van der Waals surface area contributed by atoms with E-state index in [1.165, 1.54) is 22.3 Å². The second kappa shape index (κ2) is 6.97. The van der Waals surface area contributed by atoms with Gasteiger partial charge in [0.2, 0.25) is 0 Å². The minimum atomic E-state index is 0.319. The van der Waals surface area contributed by atoms with Gasteiger partial charge in [-0.15, -0.1) is 0 Å². The molecule has 2 aromatic rings. The number of hydrogen-bond donors (Lipinski definition) is 0. The molecule has 5 nitrogen and oxygen atoms in total. The molecule has 0 radical (unpaired) electrons. The number of benzene rings is 2. The number of rotatable bonds is 4. The van der Waals surface area contributed by atoms with Crippen LogP contribution in [-0.4, -0.2) is 39.9 Å². The van der Waals surface area contributed by atoms with Crippen LogP contribution in [0.4, 0.5) is 0 Å². The summed E-state index contributed by atoms with van der Waals surface area (Å²) in [7, 11) is 6.77. The molecule has 0 spiro atoms. The molecule has 2 atom stereocenters. The lowest BCUT2D eigenvalue weighted by Crippen LogP contribution is -2.41. The summed E-state index contributed by atoms with van der Waals surface area (Å²) in [5.74, 6) is 3.19. The third-order valence-corrected chi connectivity index (χ3v) is 6.05. The van der Waals surface area contributed by atoms with E-state index in [2.05, 4.69) is 36.1 Å². The molecule has 0 saturated heterocycles. The zero-order valence-electron chi connectivity index (χ0n) is 16.7. The summed E-state index contributed by atoms with van der Waals surface area (Å²) in [4.78, 5) is 2.59. The summed E-state index contributed by atoms with van der Waals surface area (Å²) in [6, 6.07) is 9.22. The molecule has 2 aliphatic heterocycles. The summed E-state index contributed by atoms with van der Waals surface area (Å²) >= 11 is 0. The van der Waals surface area contributed by atoms with Gasteiger partial charge in [-0.25, -0.2) is 0 Å². The van der Waals surface area contributed by atoms with E-state index in [0.717, 1.165) is 42.4 Å².